The minimum absolute atomic E-state index is 0.00875. The molecule has 0 spiro atoms. The van der Waals surface area contributed by atoms with Gasteiger partial charge in [-0.1, -0.05) is 13.0 Å². The van der Waals surface area contributed by atoms with Gasteiger partial charge in [-0.15, -0.1) is 11.3 Å². The van der Waals surface area contributed by atoms with Gasteiger partial charge in [0.15, 0.2) is 0 Å². The highest BCUT2D eigenvalue weighted by Crippen LogP contribution is 2.41. The predicted molar refractivity (Wildman–Crippen MR) is 118 cm³/mol. The first kappa shape index (κ1) is 20.5. The van der Waals surface area contributed by atoms with Gasteiger partial charge in [0.05, 0.1) is 5.56 Å². The molecule has 6 heteroatoms. The van der Waals surface area contributed by atoms with Crippen LogP contribution in [0.25, 0.3) is 0 Å². The van der Waals surface area contributed by atoms with Crippen molar-refractivity contribution in [3.05, 3.63) is 27.8 Å². The van der Waals surface area contributed by atoms with E-state index in [2.05, 4.69) is 42.5 Å². The lowest BCUT2D eigenvalue weighted by Crippen LogP contribution is -2.36. The average molecular weight is 416 g/mol. The van der Waals surface area contributed by atoms with Crippen LogP contribution in [0.5, 0.6) is 0 Å². The number of thiophene rings is 1. The van der Waals surface area contributed by atoms with E-state index in [1.807, 2.05) is 0 Å². The summed E-state index contributed by atoms with van der Waals surface area (Å²) in [6.45, 7) is 5.03. The van der Waals surface area contributed by atoms with Gasteiger partial charge in [-0.2, -0.15) is 0 Å². The molecule has 2 fully saturated rings. The van der Waals surface area contributed by atoms with Crippen molar-refractivity contribution >= 4 is 28.2 Å². The van der Waals surface area contributed by atoms with Crippen LogP contribution in [0.15, 0.2) is 11.8 Å². The van der Waals surface area contributed by atoms with Crippen LogP contribution in [-0.4, -0.2) is 36.3 Å². The largest absolute Gasteiger partial charge is 0.375 e. The monoisotopic (exact) mass is 415 g/mol. The van der Waals surface area contributed by atoms with Gasteiger partial charge in [-0.25, -0.2) is 0 Å². The fourth-order valence-corrected chi connectivity index (χ4v) is 5.57. The summed E-state index contributed by atoms with van der Waals surface area (Å²) < 4.78 is 0. The highest BCUT2D eigenvalue weighted by Gasteiger charge is 2.35. The van der Waals surface area contributed by atoms with Crippen LogP contribution in [0.1, 0.15) is 73.2 Å². The van der Waals surface area contributed by atoms with Crippen molar-refractivity contribution in [2.24, 2.45) is 11.8 Å². The number of nitrogens with zero attached hydrogens (tertiary/aromatic N) is 1. The summed E-state index contributed by atoms with van der Waals surface area (Å²) in [5.41, 5.74) is 3.23. The third-order valence-corrected chi connectivity index (χ3v) is 7.80. The number of amides is 2. The molecule has 0 radical (unpaired) electrons. The summed E-state index contributed by atoms with van der Waals surface area (Å²) in [6.07, 6.45) is 10.5. The Hall–Kier alpha value is -1.82. The number of carbonyl (C=O) groups excluding carboxylic acids is 2. The van der Waals surface area contributed by atoms with E-state index < -0.39 is 0 Å². The number of likely N-dealkylation sites (N-methyl/N-ethyl adjacent to an activating group) is 1. The maximum Gasteiger partial charge on any atom is 0.254 e. The Morgan fingerprint density at radius 2 is 1.97 bits per heavy atom. The van der Waals surface area contributed by atoms with Gasteiger partial charge in [0.1, 0.15) is 5.00 Å². The number of allylic oxidation sites excluding steroid dienone is 2. The number of hydrogen-bond acceptors (Lipinski definition) is 4. The standard InChI is InChI=1S/C23H33N3O2S/c1-4-16(5-2)26(3)17-10-11-19-18(12-17)20(22(28)24-13-14-6-7-14)23(29-19)25-21(27)15-8-9-15/h4,14-15,17H,5-13H2,1-3H3,(H,24,28)(H,25,27)/b16-4-. The summed E-state index contributed by atoms with van der Waals surface area (Å²) in [4.78, 5) is 29.2. The Kier molecular flexibility index (Phi) is 6.00. The molecule has 0 aliphatic heterocycles. The lowest BCUT2D eigenvalue weighted by molar-refractivity contribution is -0.117. The minimum Gasteiger partial charge on any atom is -0.375 e. The van der Waals surface area contributed by atoms with E-state index in [1.54, 1.807) is 11.3 Å². The first-order valence-corrected chi connectivity index (χ1v) is 11.9. The Morgan fingerprint density at radius 3 is 2.59 bits per heavy atom. The third-order valence-electron chi connectivity index (χ3n) is 6.59. The molecule has 29 heavy (non-hydrogen) atoms. The molecule has 4 rings (SSSR count). The highest BCUT2D eigenvalue weighted by atomic mass is 32.1. The van der Waals surface area contributed by atoms with Crippen molar-refractivity contribution in [2.75, 3.05) is 18.9 Å². The van der Waals surface area contributed by atoms with E-state index >= 15 is 0 Å². The summed E-state index contributed by atoms with van der Waals surface area (Å²) in [5.74, 6) is 0.844. The smallest absolute Gasteiger partial charge is 0.254 e. The van der Waals surface area contributed by atoms with Crippen LogP contribution < -0.4 is 10.6 Å². The Bertz CT molecular complexity index is 820. The molecule has 1 heterocycles. The Morgan fingerprint density at radius 1 is 1.21 bits per heavy atom. The molecule has 0 saturated heterocycles. The van der Waals surface area contributed by atoms with Gasteiger partial charge >= 0.3 is 0 Å². The van der Waals surface area contributed by atoms with Gasteiger partial charge in [-0.05, 0) is 69.8 Å². The zero-order valence-corrected chi connectivity index (χ0v) is 18.7. The zero-order chi connectivity index (χ0) is 20.5. The molecule has 158 valence electrons. The van der Waals surface area contributed by atoms with Crippen LogP contribution in [-0.2, 0) is 17.6 Å². The van der Waals surface area contributed by atoms with Crippen molar-refractivity contribution in [1.29, 1.82) is 0 Å². The Labute approximate surface area is 177 Å². The van der Waals surface area contributed by atoms with Gasteiger partial charge in [0.2, 0.25) is 5.91 Å². The molecule has 0 bridgehead atoms. The fraction of sp³-hybridized carbons (Fsp3) is 0.652. The summed E-state index contributed by atoms with van der Waals surface area (Å²) in [5, 5.41) is 7.00. The first-order valence-electron chi connectivity index (χ1n) is 11.1. The number of nitrogens with one attached hydrogen (secondary N) is 2. The van der Waals surface area contributed by atoms with Crippen LogP contribution in [0, 0.1) is 11.8 Å². The lowest BCUT2D eigenvalue weighted by Gasteiger charge is -2.34. The number of aryl methyl sites for hydroxylation is 1. The summed E-state index contributed by atoms with van der Waals surface area (Å²) in [7, 11) is 2.17. The van der Waals surface area contributed by atoms with Crippen molar-refractivity contribution < 1.29 is 9.59 Å². The van der Waals surface area contributed by atoms with Gasteiger partial charge in [0.25, 0.3) is 5.91 Å². The third kappa shape index (κ3) is 4.52. The molecule has 2 saturated carbocycles. The van der Waals surface area contributed by atoms with E-state index in [9.17, 15) is 9.59 Å². The van der Waals surface area contributed by atoms with E-state index in [0.717, 1.165) is 61.2 Å². The average Bonchev–Trinajstić information content (AvgIpc) is 3.62. The van der Waals surface area contributed by atoms with E-state index in [-0.39, 0.29) is 17.7 Å². The van der Waals surface area contributed by atoms with Crippen molar-refractivity contribution in [3.8, 4) is 0 Å². The van der Waals surface area contributed by atoms with Gasteiger partial charge in [0, 0.05) is 36.1 Å². The summed E-state index contributed by atoms with van der Waals surface area (Å²) in [6, 6.07) is 0.394. The normalized spacial score (nSPS) is 21.5. The number of carbonyl (C=O) groups is 2. The first-order chi connectivity index (χ1) is 14.0. The second kappa shape index (κ2) is 8.50. The molecular formula is C23H33N3O2S. The second-order valence-electron chi connectivity index (χ2n) is 8.77. The van der Waals surface area contributed by atoms with Crippen LogP contribution in [0.3, 0.4) is 0 Å². The maximum absolute atomic E-state index is 13.1. The van der Waals surface area contributed by atoms with Gasteiger partial charge in [-0.3, -0.25) is 9.59 Å². The molecule has 1 unspecified atom stereocenters. The number of anilines is 1. The van der Waals surface area contributed by atoms with Crippen molar-refractivity contribution in [2.45, 2.75) is 71.3 Å². The molecule has 0 aromatic carbocycles. The van der Waals surface area contributed by atoms with E-state index in [4.69, 9.17) is 0 Å². The van der Waals surface area contributed by atoms with E-state index in [0.29, 0.717) is 12.0 Å². The predicted octanol–water partition coefficient (Wildman–Crippen LogP) is 4.34. The highest BCUT2D eigenvalue weighted by molar-refractivity contribution is 7.17. The van der Waals surface area contributed by atoms with Crippen LogP contribution >= 0.6 is 11.3 Å². The molecule has 5 nitrogen and oxygen atoms in total. The zero-order valence-electron chi connectivity index (χ0n) is 17.8. The van der Waals surface area contributed by atoms with Gasteiger partial charge < -0.3 is 15.5 Å². The number of fused-ring (bicyclic) bond motifs is 1. The molecule has 1 aromatic rings. The molecule has 2 N–H and O–H groups in total. The molecule has 3 aliphatic rings. The van der Waals surface area contributed by atoms with Crippen LogP contribution in [0.2, 0.25) is 0 Å². The molecule has 3 aliphatic carbocycles. The molecule has 1 atom stereocenters. The van der Waals surface area contributed by atoms with Crippen LogP contribution in [0.4, 0.5) is 5.00 Å². The maximum atomic E-state index is 13.1. The number of rotatable bonds is 8. The van der Waals surface area contributed by atoms with Crippen molar-refractivity contribution in [3.63, 3.8) is 0 Å². The summed E-state index contributed by atoms with van der Waals surface area (Å²) >= 11 is 1.62. The second-order valence-corrected chi connectivity index (χ2v) is 9.87. The topological polar surface area (TPSA) is 61.4 Å². The minimum atomic E-state index is -0.00875. The molecule has 1 aromatic heterocycles. The quantitative estimate of drug-likeness (QED) is 0.664. The SMILES string of the molecule is C/C=C(/CC)N(C)C1CCc2sc(NC(=O)C3CC3)c(C(=O)NCC3CC3)c2C1. The lowest BCUT2D eigenvalue weighted by atomic mass is 9.90. The van der Waals surface area contributed by atoms with Crippen molar-refractivity contribution in [1.82, 2.24) is 10.2 Å². The molecule has 2 amide bonds. The Balaban J connectivity index is 1.59. The molecular weight excluding hydrogens is 382 g/mol. The number of hydrogen-bond donors (Lipinski definition) is 2. The van der Waals surface area contributed by atoms with E-state index in [1.165, 1.54) is 23.4 Å². The fourth-order valence-electron chi connectivity index (χ4n) is 4.32.